The van der Waals surface area contributed by atoms with Crippen molar-refractivity contribution < 1.29 is 27.9 Å². The van der Waals surface area contributed by atoms with Gasteiger partial charge in [-0.1, -0.05) is 31.9 Å². The number of carboxylic acids is 1. The normalized spacial score (nSPS) is 14.1. The molecule has 1 aromatic rings. The topological polar surface area (TPSA) is 110 Å². The van der Waals surface area contributed by atoms with Crippen LogP contribution in [0.15, 0.2) is 23.1 Å². The highest BCUT2D eigenvalue weighted by molar-refractivity contribution is 7.89. The van der Waals surface area contributed by atoms with Crippen molar-refractivity contribution in [2.75, 3.05) is 7.11 Å². The van der Waals surface area contributed by atoms with E-state index in [0.717, 1.165) is 19.2 Å². The van der Waals surface area contributed by atoms with Gasteiger partial charge in [-0.05, 0) is 24.1 Å². The number of rotatable bonds is 7. The molecule has 23 heavy (non-hydrogen) atoms. The molecule has 0 unspecified atom stereocenters. The molecule has 2 atom stereocenters. The van der Waals surface area contributed by atoms with Crippen LogP contribution in [0.25, 0.3) is 0 Å². The lowest BCUT2D eigenvalue weighted by molar-refractivity contribution is -0.140. The molecule has 0 amide bonds. The number of ether oxygens (including phenoxy) is 1. The number of halogens is 1. The fourth-order valence-corrected chi connectivity index (χ4v) is 3.50. The molecule has 0 aliphatic carbocycles. The summed E-state index contributed by atoms with van der Waals surface area (Å²) in [4.78, 5) is 22.5. The molecule has 0 aromatic heterocycles. The average Bonchev–Trinajstić information content (AvgIpc) is 2.50. The summed E-state index contributed by atoms with van der Waals surface area (Å²) in [5.74, 6) is -2.44. The van der Waals surface area contributed by atoms with Gasteiger partial charge in [-0.25, -0.2) is 13.2 Å². The Hall–Kier alpha value is -1.64. The maximum atomic E-state index is 12.4. The van der Waals surface area contributed by atoms with Crippen molar-refractivity contribution in [3.63, 3.8) is 0 Å². The number of hydrogen-bond donors (Lipinski definition) is 2. The summed E-state index contributed by atoms with van der Waals surface area (Å²) in [6.45, 7) is 3.38. The minimum Gasteiger partial charge on any atom is -0.480 e. The SMILES string of the molecule is CC[C@H](C)[C@H](NS(=O)(=O)c1cc(Cl)cc(C(=O)OC)c1)C(=O)O. The predicted octanol–water partition coefficient (Wildman–Crippen LogP) is 1.90. The Morgan fingerprint density at radius 2 is 1.96 bits per heavy atom. The second-order valence-electron chi connectivity index (χ2n) is 4.99. The summed E-state index contributed by atoms with van der Waals surface area (Å²) < 4.78 is 31.5. The molecule has 0 aliphatic heterocycles. The third kappa shape index (κ3) is 4.92. The van der Waals surface area contributed by atoms with Gasteiger partial charge in [0.25, 0.3) is 0 Å². The van der Waals surface area contributed by atoms with E-state index in [1.54, 1.807) is 13.8 Å². The van der Waals surface area contributed by atoms with E-state index in [4.69, 9.17) is 11.6 Å². The number of hydrogen-bond acceptors (Lipinski definition) is 5. The monoisotopic (exact) mass is 363 g/mol. The Morgan fingerprint density at radius 3 is 2.43 bits per heavy atom. The molecule has 0 aliphatic rings. The van der Waals surface area contributed by atoms with Crippen molar-refractivity contribution in [2.45, 2.75) is 31.2 Å². The molecule has 0 spiro atoms. The molecular weight excluding hydrogens is 346 g/mol. The van der Waals surface area contributed by atoms with Crippen LogP contribution in [0, 0.1) is 5.92 Å². The number of benzene rings is 1. The van der Waals surface area contributed by atoms with Gasteiger partial charge in [0.05, 0.1) is 17.6 Å². The van der Waals surface area contributed by atoms with Crippen LogP contribution in [0.2, 0.25) is 5.02 Å². The summed E-state index contributed by atoms with van der Waals surface area (Å²) in [5, 5.41) is 9.21. The molecule has 0 saturated heterocycles. The maximum absolute atomic E-state index is 12.4. The van der Waals surface area contributed by atoms with E-state index in [1.807, 2.05) is 0 Å². The first-order chi connectivity index (χ1) is 10.6. The number of aliphatic carboxylic acids is 1. The van der Waals surface area contributed by atoms with Crippen LogP contribution in [0.1, 0.15) is 30.6 Å². The summed E-state index contributed by atoms with van der Waals surface area (Å²) in [6.07, 6.45) is 0.475. The number of carboxylic acid groups (broad SMARTS) is 1. The largest absolute Gasteiger partial charge is 0.480 e. The Bertz CT molecular complexity index is 703. The van der Waals surface area contributed by atoms with Gasteiger partial charge in [0.1, 0.15) is 6.04 Å². The van der Waals surface area contributed by atoms with Gasteiger partial charge in [-0.2, -0.15) is 4.72 Å². The molecule has 0 saturated carbocycles. The number of carbonyl (C=O) groups is 2. The van der Waals surface area contributed by atoms with Gasteiger partial charge in [0.2, 0.25) is 10.0 Å². The summed E-state index contributed by atoms with van der Waals surface area (Å²) in [6, 6.07) is 2.18. The lowest BCUT2D eigenvalue weighted by Crippen LogP contribution is -2.44. The molecule has 1 aromatic carbocycles. The van der Waals surface area contributed by atoms with Crippen LogP contribution in [-0.2, 0) is 19.6 Å². The summed E-state index contributed by atoms with van der Waals surface area (Å²) >= 11 is 5.83. The highest BCUT2D eigenvalue weighted by Gasteiger charge is 2.30. The van der Waals surface area contributed by atoms with E-state index in [0.29, 0.717) is 6.42 Å². The van der Waals surface area contributed by atoms with Crippen LogP contribution in [0.4, 0.5) is 0 Å². The molecule has 7 nitrogen and oxygen atoms in total. The van der Waals surface area contributed by atoms with Gasteiger partial charge < -0.3 is 9.84 Å². The van der Waals surface area contributed by atoms with Crippen LogP contribution in [-0.4, -0.2) is 38.6 Å². The third-order valence-corrected chi connectivity index (χ3v) is 5.00. The van der Waals surface area contributed by atoms with Crippen molar-refractivity contribution in [3.8, 4) is 0 Å². The summed E-state index contributed by atoms with van der Waals surface area (Å²) in [5.41, 5.74) is -0.0456. The fourth-order valence-electron chi connectivity index (χ4n) is 1.83. The van der Waals surface area contributed by atoms with Crippen molar-refractivity contribution >= 4 is 33.6 Å². The zero-order valence-electron chi connectivity index (χ0n) is 12.9. The molecule has 0 fully saturated rings. The van der Waals surface area contributed by atoms with E-state index in [9.17, 15) is 23.1 Å². The minimum atomic E-state index is -4.17. The molecule has 0 radical (unpaired) electrons. The lowest BCUT2D eigenvalue weighted by atomic mass is 10.0. The molecular formula is C14H18ClNO6S. The van der Waals surface area contributed by atoms with Gasteiger partial charge in [0, 0.05) is 5.02 Å². The molecule has 0 heterocycles. The Labute approximate surface area is 139 Å². The lowest BCUT2D eigenvalue weighted by Gasteiger charge is -2.20. The minimum absolute atomic E-state index is 0.0173. The smallest absolute Gasteiger partial charge is 0.337 e. The molecule has 128 valence electrons. The van der Waals surface area contributed by atoms with E-state index in [2.05, 4.69) is 9.46 Å². The zero-order valence-corrected chi connectivity index (χ0v) is 14.4. The molecule has 9 heteroatoms. The van der Waals surface area contributed by atoms with E-state index in [-0.39, 0.29) is 15.5 Å². The maximum Gasteiger partial charge on any atom is 0.337 e. The van der Waals surface area contributed by atoms with Crippen LogP contribution in [0.3, 0.4) is 0 Å². The highest BCUT2D eigenvalue weighted by Crippen LogP contribution is 2.21. The van der Waals surface area contributed by atoms with Crippen LogP contribution < -0.4 is 4.72 Å². The number of nitrogens with one attached hydrogen (secondary N) is 1. The van der Waals surface area contributed by atoms with Crippen LogP contribution >= 0.6 is 11.6 Å². The summed E-state index contributed by atoms with van der Waals surface area (Å²) in [7, 11) is -3.02. The van der Waals surface area contributed by atoms with Crippen molar-refractivity contribution in [2.24, 2.45) is 5.92 Å². The van der Waals surface area contributed by atoms with E-state index < -0.39 is 33.9 Å². The first-order valence-corrected chi connectivity index (χ1v) is 8.62. The molecule has 0 bridgehead atoms. The number of esters is 1. The van der Waals surface area contributed by atoms with Gasteiger partial charge in [-0.3, -0.25) is 4.79 Å². The first-order valence-electron chi connectivity index (χ1n) is 6.76. The zero-order chi connectivity index (χ0) is 17.8. The van der Waals surface area contributed by atoms with Gasteiger partial charge in [-0.15, -0.1) is 0 Å². The second kappa shape index (κ2) is 7.76. The van der Waals surface area contributed by atoms with Gasteiger partial charge in [0.15, 0.2) is 0 Å². The first kappa shape index (κ1) is 19.4. The second-order valence-corrected chi connectivity index (χ2v) is 7.14. The van der Waals surface area contributed by atoms with Crippen LogP contribution in [0.5, 0.6) is 0 Å². The van der Waals surface area contributed by atoms with Crippen molar-refractivity contribution in [1.29, 1.82) is 0 Å². The Balaban J connectivity index is 3.25. The number of carbonyl (C=O) groups excluding carboxylic acids is 1. The third-order valence-electron chi connectivity index (χ3n) is 3.36. The quantitative estimate of drug-likeness (QED) is 0.716. The predicted molar refractivity (Wildman–Crippen MR) is 84.0 cm³/mol. The van der Waals surface area contributed by atoms with Crippen molar-refractivity contribution in [1.82, 2.24) is 4.72 Å². The van der Waals surface area contributed by atoms with Gasteiger partial charge >= 0.3 is 11.9 Å². The molecule has 1 rings (SSSR count). The Morgan fingerprint density at radius 1 is 1.35 bits per heavy atom. The Kier molecular flexibility index (Phi) is 6.55. The standard InChI is InChI=1S/C14H18ClNO6S/c1-4-8(2)12(13(17)18)16-23(20,21)11-6-9(14(19)22-3)5-10(15)7-11/h5-8,12,16H,4H2,1-3H3,(H,17,18)/t8-,12-/m0/s1. The van der Waals surface area contributed by atoms with Crippen molar-refractivity contribution in [3.05, 3.63) is 28.8 Å². The van der Waals surface area contributed by atoms with E-state index in [1.165, 1.54) is 6.07 Å². The van der Waals surface area contributed by atoms with E-state index >= 15 is 0 Å². The number of sulfonamides is 1. The highest BCUT2D eigenvalue weighted by atomic mass is 35.5. The molecule has 2 N–H and O–H groups in total. The fraction of sp³-hybridized carbons (Fsp3) is 0.429. The average molecular weight is 364 g/mol. The number of methoxy groups -OCH3 is 1.